The molecule has 0 aliphatic carbocycles. The average molecular weight is 385 g/mol. The Hall–Kier alpha value is -0.260. The van der Waals surface area contributed by atoms with Gasteiger partial charge in [0, 0.05) is 4.47 Å². The van der Waals surface area contributed by atoms with Crippen LogP contribution in [-0.4, -0.2) is 5.91 Å². The number of carbonyl (C=O) groups is 1. The third-order valence-corrected chi connectivity index (χ3v) is 4.37. The Bertz CT molecular complexity index is 614. The molecule has 0 fully saturated rings. The van der Waals surface area contributed by atoms with Gasteiger partial charge in [0.2, 0.25) is 0 Å². The maximum Gasteiger partial charge on any atom is 0.258 e. The minimum absolute atomic E-state index is 0.339. The number of nitrogens with one attached hydrogen (secondary N) is 1. The van der Waals surface area contributed by atoms with E-state index in [1.807, 2.05) is 0 Å². The lowest BCUT2D eigenvalue weighted by molar-refractivity contribution is 0.102. The van der Waals surface area contributed by atoms with Crippen LogP contribution in [0.5, 0.6) is 0 Å². The molecule has 1 aromatic heterocycles. The number of amides is 1. The fraction of sp³-hybridized carbons (Fsp3) is 0. The van der Waals surface area contributed by atoms with Crippen LogP contribution in [0.3, 0.4) is 0 Å². The van der Waals surface area contributed by atoms with Crippen LogP contribution < -0.4 is 5.32 Å². The average Bonchev–Trinajstić information content (AvgIpc) is 2.62. The molecule has 0 atom stereocenters. The summed E-state index contributed by atoms with van der Waals surface area (Å²) in [6.45, 7) is 0. The SMILES string of the molecule is O=C(Nc1ccc(Br)cc1Cl)c1cc(Cl)sc1Cl. The number of rotatable bonds is 2. The predicted octanol–water partition coefficient (Wildman–Crippen LogP) is 5.72. The van der Waals surface area contributed by atoms with Gasteiger partial charge in [-0.2, -0.15) is 0 Å². The Balaban J connectivity index is 2.24. The maximum atomic E-state index is 12.0. The summed E-state index contributed by atoms with van der Waals surface area (Å²) in [5, 5.41) is 3.12. The minimum atomic E-state index is -0.340. The molecule has 0 bridgehead atoms. The molecule has 0 saturated heterocycles. The Labute approximate surface area is 131 Å². The molecule has 0 aliphatic rings. The molecule has 2 nitrogen and oxygen atoms in total. The van der Waals surface area contributed by atoms with Crippen molar-refractivity contribution in [1.82, 2.24) is 0 Å². The first kappa shape index (κ1) is 14.2. The molecular formula is C11H5BrCl3NOS. The largest absolute Gasteiger partial charge is 0.321 e. The van der Waals surface area contributed by atoms with Gasteiger partial charge in [0.25, 0.3) is 5.91 Å². The van der Waals surface area contributed by atoms with Crippen molar-refractivity contribution in [3.05, 3.63) is 48.0 Å². The summed E-state index contributed by atoms with van der Waals surface area (Å²) in [5.74, 6) is -0.340. The quantitative estimate of drug-likeness (QED) is 0.703. The molecule has 1 aromatic carbocycles. The van der Waals surface area contributed by atoms with Crippen LogP contribution in [0, 0.1) is 0 Å². The van der Waals surface area contributed by atoms with Crippen LogP contribution in [0.2, 0.25) is 13.7 Å². The Morgan fingerprint density at radius 1 is 1.22 bits per heavy atom. The Kier molecular flexibility index (Phi) is 4.56. The van der Waals surface area contributed by atoms with E-state index in [2.05, 4.69) is 21.2 Å². The minimum Gasteiger partial charge on any atom is -0.321 e. The molecule has 0 aliphatic heterocycles. The zero-order valence-corrected chi connectivity index (χ0v) is 13.3. The first-order valence-corrected chi connectivity index (χ1v) is 7.43. The van der Waals surface area contributed by atoms with Gasteiger partial charge in [0.15, 0.2) is 0 Å². The molecular weight excluding hydrogens is 380 g/mol. The highest BCUT2D eigenvalue weighted by Gasteiger charge is 2.15. The molecule has 0 spiro atoms. The van der Waals surface area contributed by atoms with E-state index in [4.69, 9.17) is 34.8 Å². The lowest BCUT2D eigenvalue weighted by Crippen LogP contribution is -2.11. The molecule has 18 heavy (non-hydrogen) atoms. The summed E-state index contributed by atoms with van der Waals surface area (Å²) in [6, 6.07) is 6.70. The maximum absolute atomic E-state index is 12.0. The summed E-state index contributed by atoms with van der Waals surface area (Å²) in [6.07, 6.45) is 0. The number of anilines is 1. The van der Waals surface area contributed by atoms with E-state index in [-0.39, 0.29) is 5.91 Å². The van der Waals surface area contributed by atoms with Crippen LogP contribution in [-0.2, 0) is 0 Å². The topological polar surface area (TPSA) is 29.1 Å². The molecule has 0 saturated carbocycles. The van der Waals surface area contributed by atoms with Gasteiger partial charge < -0.3 is 5.32 Å². The van der Waals surface area contributed by atoms with Crippen molar-refractivity contribution in [2.24, 2.45) is 0 Å². The van der Waals surface area contributed by atoms with E-state index in [0.717, 1.165) is 15.8 Å². The first-order chi connectivity index (χ1) is 8.47. The van der Waals surface area contributed by atoms with Crippen LogP contribution in [0.25, 0.3) is 0 Å². The van der Waals surface area contributed by atoms with Gasteiger partial charge in [-0.05, 0) is 24.3 Å². The number of thiophene rings is 1. The summed E-state index contributed by atoms with van der Waals surface area (Å²) in [5.41, 5.74) is 0.855. The summed E-state index contributed by atoms with van der Waals surface area (Å²) in [7, 11) is 0. The van der Waals surface area contributed by atoms with Gasteiger partial charge in [-0.1, -0.05) is 50.7 Å². The lowest BCUT2D eigenvalue weighted by Gasteiger charge is -2.06. The molecule has 2 rings (SSSR count). The highest BCUT2D eigenvalue weighted by Crippen LogP contribution is 2.32. The standard InChI is InChI=1S/C11H5BrCl3NOS/c12-5-1-2-8(7(13)3-5)16-11(17)6-4-9(14)18-10(6)15/h1-4H,(H,16,17). The molecule has 7 heteroatoms. The van der Waals surface area contributed by atoms with Gasteiger partial charge in [0.05, 0.1) is 20.6 Å². The number of hydrogen-bond donors (Lipinski definition) is 1. The van der Waals surface area contributed by atoms with Crippen LogP contribution >= 0.6 is 62.1 Å². The van der Waals surface area contributed by atoms with Crippen molar-refractivity contribution in [1.29, 1.82) is 0 Å². The van der Waals surface area contributed by atoms with Crippen molar-refractivity contribution in [2.75, 3.05) is 5.32 Å². The molecule has 1 heterocycles. The summed E-state index contributed by atoms with van der Waals surface area (Å²) < 4.78 is 1.65. The fourth-order valence-electron chi connectivity index (χ4n) is 1.28. The highest BCUT2D eigenvalue weighted by molar-refractivity contribution is 9.10. The van der Waals surface area contributed by atoms with E-state index in [1.54, 1.807) is 18.2 Å². The third-order valence-electron chi connectivity index (χ3n) is 2.08. The van der Waals surface area contributed by atoms with E-state index in [9.17, 15) is 4.79 Å². The van der Waals surface area contributed by atoms with Crippen LogP contribution in [0.4, 0.5) is 5.69 Å². The summed E-state index contributed by atoms with van der Waals surface area (Å²) in [4.78, 5) is 12.0. The zero-order valence-electron chi connectivity index (χ0n) is 8.64. The van der Waals surface area contributed by atoms with Crippen molar-refractivity contribution in [3.8, 4) is 0 Å². The van der Waals surface area contributed by atoms with Gasteiger partial charge in [0.1, 0.15) is 4.34 Å². The van der Waals surface area contributed by atoms with Gasteiger partial charge >= 0.3 is 0 Å². The molecule has 1 amide bonds. The lowest BCUT2D eigenvalue weighted by atomic mass is 10.3. The van der Waals surface area contributed by atoms with Crippen molar-refractivity contribution < 1.29 is 4.79 Å². The van der Waals surface area contributed by atoms with E-state index in [1.165, 1.54) is 6.07 Å². The van der Waals surface area contributed by atoms with Crippen molar-refractivity contribution in [3.63, 3.8) is 0 Å². The van der Waals surface area contributed by atoms with Gasteiger partial charge in [-0.3, -0.25) is 4.79 Å². The second kappa shape index (κ2) is 5.80. The zero-order chi connectivity index (χ0) is 13.3. The Morgan fingerprint density at radius 2 is 1.94 bits per heavy atom. The molecule has 1 N–H and O–H groups in total. The van der Waals surface area contributed by atoms with Crippen molar-refractivity contribution >= 4 is 73.7 Å². The summed E-state index contributed by atoms with van der Waals surface area (Å²) >= 11 is 22.1. The normalized spacial score (nSPS) is 10.4. The predicted molar refractivity (Wildman–Crippen MR) is 81.4 cm³/mol. The smallest absolute Gasteiger partial charge is 0.258 e. The van der Waals surface area contributed by atoms with Gasteiger partial charge in [-0.25, -0.2) is 0 Å². The molecule has 2 aromatic rings. The monoisotopic (exact) mass is 383 g/mol. The van der Waals surface area contributed by atoms with E-state index < -0.39 is 0 Å². The Morgan fingerprint density at radius 3 is 2.50 bits per heavy atom. The van der Waals surface area contributed by atoms with E-state index >= 15 is 0 Å². The molecule has 94 valence electrons. The number of halogens is 4. The third kappa shape index (κ3) is 3.19. The molecule has 0 unspecified atom stereocenters. The second-order valence-corrected chi connectivity index (χ2v) is 6.92. The van der Waals surface area contributed by atoms with Gasteiger partial charge in [-0.15, -0.1) is 11.3 Å². The fourth-order valence-corrected chi connectivity index (χ4v) is 3.45. The van der Waals surface area contributed by atoms with Crippen molar-refractivity contribution in [2.45, 2.75) is 0 Å². The second-order valence-electron chi connectivity index (χ2n) is 3.32. The number of hydrogen-bond acceptors (Lipinski definition) is 2. The van der Waals surface area contributed by atoms with Crippen LogP contribution in [0.15, 0.2) is 28.7 Å². The van der Waals surface area contributed by atoms with E-state index in [0.29, 0.717) is 24.9 Å². The number of carbonyl (C=O) groups excluding carboxylic acids is 1. The highest BCUT2D eigenvalue weighted by atomic mass is 79.9. The first-order valence-electron chi connectivity index (χ1n) is 4.68. The molecule has 0 radical (unpaired) electrons. The van der Waals surface area contributed by atoms with Crippen LogP contribution in [0.1, 0.15) is 10.4 Å². The number of benzene rings is 1.